The molecule has 2 aromatic carbocycles. The van der Waals surface area contributed by atoms with Crippen LogP contribution in [-0.2, 0) is 18.9 Å². The van der Waals surface area contributed by atoms with Crippen LogP contribution in [0.25, 0.3) is 11.1 Å². The van der Waals surface area contributed by atoms with Crippen LogP contribution in [0.15, 0.2) is 48.5 Å². The lowest BCUT2D eigenvalue weighted by atomic mass is 9.98. The smallest absolute Gasteiger partial charge is 0.408 e. The second kappa shape index (κ2) is 10.4. The van der Waals surface area contributed by atoms with E-state index in [0.29, 0.717) is 26.2 Å². The first kappa shape index (κ1) is 24.0. The number of hydrogen-bond acceptors (Lipinski definition) is 6. The number of hydrogen-bond donors (Lipinski definition) is 2. The Balaban J connectivity index is 1.16. The summed E-state index contributed by atoms with van der Waals surface area (Å²) < 4.78 is 22.0. The van der Waals surface area contributed by atoms with Gasteiger partial charge in [0.2, 0.25) is 0 Å². The van der Waals surface area contributed by atoms with E-state index in [1.807, 2.05) is 24.3 Å². The fourth-order valence-corrected chi connectivity index (χ4v) is 4.21. The van der Waals surface area contributed by atoms with Gasteiger partial charge in [-0.1, -0.05) is 48.5 Å². The van der Waals surface area contributed by atoms with Gasteiger partial charge in [0.1, 0.15) is 12.2 Å². The minimum atomic E-state index is -0.562. The van der Waals surface area contributed by atoms with E-state index in [9.17, 15) is 9.59 Å². The number of fused-ring (bicyclic) bond motifs is 3. The van der Waals surface area contributed by atoms with Crippen molar-refractivity contribution in [3.63, 3.8) is 0 Å². The molecule has 0 aromatic heterocycles. The molecule has 8 heteroatoms. The predicted molar refractivity (Wildman–Crippen MR) is 127 cm³/mol. The van der Waals surface area contributed by atoms with Gasteiger partial charge in [-0.25, -0.2) is 9.59 Å². The van der Waals surface area contributed by atoms with Gasteiger partial charge in [0.15, 0.2) is 6.29 Å². The Labute approximate surface area is 199 Å². The molecule has 2 N–H and O–H groups in total. The Morgan fingerprint density at radius 3 is 2.12 bits per heavy atom. The zero-order valence-electron chi connectivity index (χ0n) is 19.8. The van der Waals surface area contributed by atoms with Crippen molar-refractivity contribution in [1.29, 1.82) is 0 Å². The quantitative estimate of drug-likeness (QED) is 0.660. The van der Waals surface area contributed by atoms with E-state index in [1.54, 1.807) is 20.8 Å². The topological polar surface area (TPSA) is 95.1 Å². The molecule has 2 aromatic rings. The van der Waals surface area contributed by atoms with Crippen LogP contribution in [0.2, 0.25) is 0 Å². The van der Waals surface area contributed by atoms with Crippen LogP contribution in [-0.4, -0.2) is 56.5 Å². The van der Waals surface area contributed by atoms with Crippen molar-refractivity contribution in [2.75, 3.05) is 26.4 Å². The van der Waals surface area contributed by atoms with E-state index in [0.717, 1.165) is 0 Å². The van der Waals surface area contributed by atoms with Gasteiger partial charge in [0, 0.05) is 18.9 Å². The van der Waals surface area contributed by atoms with Crippen LogP contribution in [0, 0.1) is 0 Å². The SMILES string of the molecule is CC(C)(C)OC(=O)N[C@H]1CO[C@@H](CCNC(=O)OCC2c3ccccc3-c3ccccc32)OC1. The summed E-state index contributed by atoms with van der Waals surface area (Å²) in [6.45, 7) is 6.67. The number of amides is 2. The molecule has 0 saturated carbocycles. The van der Waals surface area contributed by atoms with Gasteiger partial charge in [0.05, 0.1) is 19.3 Å². The molecule has 1 aliphatic heterocycles. The van der Waals surface area contributed by atoms with Crippen molar-refractivity contribution in [2.24, 2.45) is 0 Å². The van der Waals surface area contributed by atoms with Crippen molar-refractivity contribution in [1.82, 2.24) is 10.6 Å². The molecule has 1 fully saturated rings. The molecule has 4 rings (SSSR count). The van der Waals surface area contributed by atoms with Gasteiger partial charge >= 0.3 is 12.2 Å². The summed E-state index contributed by atoms with van der Waals surface area (Å²) in [5.74, 6) is 0.0255. The largest absolute Gasteiger partial charge is 0.449 e. The highest BCUT2D eigenvalue weighted by molar-refractivity contribution is 5.79. The maximum Gasteiger partial charge on any atom is 0.408 e. The average molecular weight is 469 g/mol. The molecule has 1 heterocycles. The molecule has 0 unspecified atom stereocenters. The van der Waals surface area contributed by atoms with E-state index in [4.69, 9.17) is 18.9 Å². The maximum atomic E-state index is 12.3. The number of nitrogens with one attached hydrogen (secondary N) is 2. The lowest BCUT2D eigenvalue weighted by Gasteiger charge is -2.30. The fourth-order valence-electron chi connectivity index (χ4n) is 4.21. The average Bonchev–Trinajstić information content (AvgIpc) is 3.11. The summed E-state index contributed by atoms with van der Waals surface area (Å²) in [5.41, 5.74) is 4.18. The minimum Gasteiger partial charge on any atom is -0.449 e. The molecular weight excluding hydrogens is 436 g/mol. The van der Waals surface area contributed by atoms with Crippen molar-refractivity contribution < 1.29 is 28.5 Å². The van der Waals surface area contributed by atoms with E-state index in [1.165, 1.54) is 22.3 Å². The minimum absolute atomic E-state index is 0.0255. The molecule has 2 aliphatic rings. The maximum absolute atomic E-state index is 12.3. The summed E-state index contributed by atoms with van der Waals surface area (Å²) in [4.78, 5) is 24.1. The number of ether oxygens (including phenoxy) is 4. The number of alkyl carbamates (subject to hydrolysis) is 2. The summed E-state index contributed by atoms with van der Waals surface area (Å²) >= 11 is 0. The Morgan fingerprint density at radius 1 is 0.941 bits per heavy atom. The van der Waals surface area contributed by atoms with E-state index >= 15 is 0 Å². The molecule has 0 atom stereocenters. The molecule has 34 heavy (non-hydrogen) atoms. The van der Waals surface area contributed by atoms with Crippen molar-refractivity contribution in [2.45, 2.75) is 51.0 Å². The lowest BCUT2D eigenvalue weighted by Crippen LogP contribution is -2.48. The second-order valence-corrected chi connectivity index (χ2v) is 9.48. The summed E-state index contributed by atoms with van der Waals surface area (Å²) in [7, 11) is 0. The van der Waals surface area contributed by atoms with Gasteiger partial charge < -0.3 is 29.6 Å². The second-order valence-electron chi connectivity index (χ2n) is 9.48. The molecule has 8 nitrogen and oxygen atoms in total. The van der Waals surface area contributed by atoms with Crippen molar-refractivity contribution >= 4 is 12.2 Å². The third-order valence-corrected chi connectivity index (χ3v) is 5.68. The number of carbonyl (C=O) groups is 2. The van der Waals surface area contributed by atoms with Crippen LogP contribution in [0.5, 0.6) is 0 Å². The Hall–Kier alpha value is -3.10. The van der Waals surface area contributed by atoms with Crippen LogP contribution < -0.4 is 10.6 Å². The summed E-state index contributed by atoms with van der Waals surface area (Å²) in [6.07, 6.45) is -0.948. The zero-order chi connectivity index (χ0) is 24.1. The summed E-state index contributed by atoms with van der Waals surface area (Å²) in [6, 6.07) is 16.2. The first-order valence-electron chi connectivity index (χ1n) is 11.6. The van der Waals surface area contributed by atoms with E-state index < -0.39 is 24.1 Å². The standard InChI is InChI=1S/C26H32N2O6/c1-26(2,3)34-25(30)28-17-14-31-23(32-15-17)12-13-27-24(29)33-16-22-20-10-6-4-8-18(20)19-9-5-7-11-21(19)22/h4-11,17,22-23H,12-16H2,1-3H3,(H,27,29)(H,28,30)/t17-,23+. The number of benzene rings is 2. The van der Waals surface area contributed by atoms with Gasteiger partial charge in [-0.15, -0.1) is 0 Å². The van der Waals surface area contributed by atoms with Gasteiger partial charge in [-0.05, 0) is 43.0 Å². The molecular formula is C26H32N2O6. The van der Waals surface area contributed by atoms with Gasteiger partial charge in [0.25, 0.3) is 0 Å². The zero-order valence-corrected chi connectivity index (χ0v) is 19.8. The predicted octanol–water partition coefficient (Wildman–Crippen LogP) is 4.18. The molecule has 0 radical (unpaired) electrons. The highest BCUT2D eigenvalue weighted by Crippen LogP contribution is 2.44. The molecule has 1 aliphatic carbocycles. The first-order chi connectivity index (χ1) is 16.3. The third kappa shape index (κ3) is 6.07. The Bertz CT molecular complexity index is 965. The highest BCUT2D eigenvalue weighted by Gasteiger charge is 2.29. The van der Waals surface area contributed by atoms with E-state index in [2.05, 4.69) is 34.9 Å². The third-order valence-electron chi connectivity index (χ3n) is 5.68. The molecule has 182 valence electrons. The van der Waals surface area contributed by atoms with Crippen LogP contribution in [0.3, 0.4) is 0 Å². The summed E-state index contributed by atoms with van der Waals surface area (Å²) in [5, 5.41) is 5.49. The molecule has 2 amide bonds. The number of rotatable bonds is 6. The Morgan fingerprint density at radius 2 is 1.53 bits per heavy atom. The number of carbonyl (C=O) groups excluding carboxylic acids is 2. The van der Waals surface area contributed by atoms with Crippen LogP contribution >= 0.6 is 0 Å². The van der Waals surface area contributed by atoms with E-state index in [-0.39, 0.29) is 18.6 Å². The lowest BCUT2D eigenvalue weighted by molar-refractivity contribution is -0.190. The molecule has 1 saturated heterocycles. The first-order valence-corrected chi connectivity index (χ1v) is 11.6. The van der Waals surface area contributed by atoms with Gasteiger partial charge in [-0.2, -0.15) is 0 Å². The van der Waals surface area contributed by atoms with Crippen molar-refractivity contribution in [3.8, 4) is 11.1 Å². The molecule has 0 bridgehead atoms. The normalized spacial score (nSPS) is 19.6. The molecule has 0 spiro atoms. The van der Waals surface area contributed by atoms with Crippen LogP contribution in [0.4, 0.5) is 9.59 Å². The Kier molecular flexibility index (Phi) is 7.38. The van der Waals surface area contributed by atoms with Gasteiger partial charge in [-0.3, -0.25) is 0 Å². The highest BCUT2D eigenvalue weighted by atomic mass is 16.7. The van der Waals surface area contributed by atoms with Crippen molar-refractivity contribution in [3.05, 3.63) is 59.7 Å². The van der Waals surface area contributed by atoms with Crippen LogP contribution in [0.1, 0.15) is 44.2 Å². The monoisotopic (exact) mass is 468 g/mol. The fraction of sp³-hybridized carbons (Fsp3) is 0.462.